The van der Waals surface area contributed by atoms with Crippen molar-refractivity contribution in [2.24, 2.45) is 0 Å². The Hall–Kier alpha value is -2.67. The predicted molar refractivity (Wildman–Crippen MR) is 135 cm³/mol. The largest absolute Gasteiger partial charge is 0.338 e. The van der Waals surface area contributed by atoms with Crippen molar-refractivity contribution in [3.63, 3.8) is 0 Å². The lowest BCUT2D eigenvalue weighted by Gasteiger charge is -2.28. The summed E-state index contributed by atoms with van der Waals surface area (Å²) in [6, 6.07) is 10.4. The van der Waals surface area contributed by atoms with Crippen molar-refractivity contribution < 1.29 is 0 Å². The number of hydrogen-bond acceptors (Lipinski definition) is 5. The first kappa shape index (κ1) is 22.1. The summed E-state index contributed by atoms with van der Waals surface area (Å²) in [4.78, 5) is 16.6. The van der Waals surface area contributed by atoms with Crippen LogP contribution in [0.5, 0.6) is 0 Å². The van der Waals surface area contributed by atoms with E-state index >= 15 is 0 Å². The number of aromatic nitrogens is 4. The molecule has 1 aliphatic rings. The molecule has 1 aromatic carbocycles. The number of imidazole rings is 1. The number of hydrogen-bond donors (Lipinski definition) is 1. The molecule has 8 heteroatoms. The van der Waals surface area contributed by atoms with Gasteiger partial charge in [-0.2, -0.15) is 0 Å². The van der Waals surface area contributed by atoms with Crippen LogP contribution in [0, 0.1) is 0 Å². The zero-order valence-electron chi connectivity index (χ0n) is 18.7. The Labute approximate surface area is 203 Å². The molecular formula is C25H26Cl2N6. The van der Waals surface area contributed by atoms with Crippen LogP contribution in [0.2, 0.25) is 10.0 Å². The van der Waals surface area contributed by atoms with E-state index in [1.54, 1.807) is 12.4 Å². The van der Waals surface area contributed by atoms with Crippen molar-refractivity contribution in [1.29, 1.82) is 0 Å². The molecule has 0 spiro atoms. The number of fused-ring (bicyclic) bond motifs is 1. The average Bonchev–Trinajstić information content (AvgIpc) is 3.49. The van der Waals surface area contributed by atoms with Crippen LogP contribution in [0.25, 0.3) is 28.0 Å². The van der Waals surface area contributed by atoms with Crippen molar-refractivity contribution >= 4 is 34.8 Å². The summed E-state index contributed by atoms with van der Waals surface area (Å²) in [6.07, 6.45) is 9.67. The van der Waals surface area contributed by atoms with Gasteiger partial charge in [-0.3, -0.25) is 9.38 Å². The Morgan fingerprint density at radius 2 is 1.88 bits per heavy atom. The van der Waals surface area contributed by atoms with Gasteiger partial charge in [0.15, 0.2) is 0 Å². The highest BCUT2D eigenvalue weighted by Crippen LogP contribution is 2.39. The molecule has 1 saturated heterocycles. The fourth-order valence-electron chi connectivity index (χ4n) is 4.49. The van der Waals surface area contributed by atoms with Crippen LogP contribution in [0.4, 0.5) is 5.95 Å². The lowest BCUT2D eigenvalue weighted by atomic mass is 10.0. The van der Waals surface area contributed by atoms with Crippen molar-refractivity contribution in [1.82, 2.24) is 24.7 Å². The van der Waals surface area contributed by atoms with Crippen molar-refractivity contribution in [3.8, 4) is 22.4 Å². The summed E-state index contributed by atoms with van der Waals surface area (Å²) in [7, 11) is 0. The van der Waals surface area contributed by atoms with Gasteiger partial charge >= 0.3 is 0 Å². The minimum atomic E-state index is 0.381. The first-order chi connectivity index (χ1) is 16.0. The molecule has 0 unspecified atom stereocenters. The van der Waals surface area contributed by atoms with Gasteiger partial charge in [-0.15, -0.1) is 0 Å². The van der Waals surface area contributed by atoms with Crippen LogP contribution < -0.4 is 10.2 Å². The molecule has 170 valence electrons. The third-order valence-corrected chi connectivity index (χ3v) is 6.83. The first-order valence-corrected chi connectivity index (χ1v) is 12.0. The highest BCUT2D eigenvalue weighted by atomic mass is 35.5. The normalized spacial score (nSPS) is 16.3. The van der Waals surface area contributed by atoms with Gasteiger partial charge in [-0.25, -0.2) is 9.97 Å². The molecule has 4 heterocycles. The molecule has 0 aliphatic carbocycles. The van der Waals surface area contributed by atoms with Crippen LogP contribution in [-0.4, -0.2) is 44.5 Å². The maximum Gasteiger partial charge on any atom is 0.212 e. The Morgan fingerprint density at radius 1 is 1.06 bits per heavy atom. The molecule has 6 nitrogen and oxygen atoms in total. The molecule has 5 rings (SSSR count). The third kappa shape index (κ3) is 4.31. The van der Waals surface area contributed by atoms with Crippen LogP contribution in [0.15, 0.2) is 55.1 Å². The Balaban J connectivity index is 1.72. The maximum absolute atomic E-state index is 6.40. The highest BCUT2D eigenvalue weighted by Gasteiger charge is 2.29. The zero-order valence-corrected chi connectivity index (χ0v) is 20.2. The topological polar surface area (TPSA) is 58.3 Å². The van der Waals surface area contributed by atoms with Gasteiger partial charge in [0.05, 0.1) is 21.3 Å². The van der Waals surface area contributed by atoms with E-state index in [1.807, 2.05) is 42.7 Å². The first-order valence-electron chi connectivity index (χ1n) is 11.3. The SMILES string of the molecule is CC(C)NC[C@H]1CCCN1c1nc(-c2ccncc2)c(-c2ccc(Cl)c(Cl)c2)c2nccn12. The predicted octanol–water partition coefficient (Wildman–Crippen LogP) is 5.73. The van der Waals surface area contributed by atoms with E-state index < -0.39 is 0 Å². The molecule has 0 amide bonds. The van der Waals surface area contributed by atoms with Crippen LogP contribution >= 0.6 is 23.2 Å². The lowest BCUT2D eigenvalue weighted by molar-refractivity contribution is 0.520. The number of halogens is 2. The van der Waals surface area contributed by atoms with Gasteiger partial charge in [-0.1, -0.05) is 43.1 Å². The van der Waals surface area contributed by atoms with Crippen molar-refractivity contribution in [2.75, 3.05) is 18.0 Å². The van der Waals surface area contributed by atoms with E-state index in [0.29, 0.717) is 22.1 Å². The van der Waals surface area contributed by atoms with Gasteiger partial charge in [0, 0.05) is 55.5 Å². The fourth-order valence-corrected chi connectivity index (χ4v) is 4.79. The Bertz CT molecular complexity index is 1270. The van der Waals surface area contributed by atoms with Gasteiger partial charge < -0.3 is 10.2 Å². The van der Waals surface area contributed by atoms with Crippen LogP contribution in [0.3, 0.4) is 0 Å². The Kier molecular flexibility index (Phi) is 6.23. The highest BCUT2D eigenvalue weighted by molar-refractivity contribution is 6.42. The number of nitrogens with zero attached hydrogens (tertiary/aromatic N) is 5. The molecule has 0 bridgehead atoms. The third-order valence-electron chi connectivity index (χ3n) is 6.09. The molecule has 1 N–H and O–H groups in total. The minimum Gasteiger partial charge on any atom is -0.338 e. The summed E-state index contributed by atoms with van der Waals surface area (Å²) >= 11 is 12.6. The monoisotopic (exact) mass is 480 g/mol. The second kappa shape index (κ2) is 9.29. The number of pyridine rings is 1. The van der Waals surface area contributed by atoms with Gasteiger partial charge in [0.1, 0.15) is 5.65 Å². The second-order valence-corrected chi connectivity index (χ2v) is 9.49. The number of rotatable bonds is 6. The van der Waals surface area contributed by atoms with E-state index in [1.165, 1.54) is 0 Å². The summed E-state index contributed by atoms with van der Waals surface area (Å²) in [5.41, 5.74) is 4.52. The summed E-state index contributed by atoms with van der Waals surface area (Å²) in [5, 5.41) is 4.62. The molecule has 0 radical (unpaired) electrons. The Morgan fingerprint density at radius 3 is 2.64 bits per heavy atom. The molecule has 1 fully saturated rings. The molecule has 1 atom stereocenters. The molecule has 1 aliphatic heterocycles. The molecule has 33 heavy (non-hydrogen) atoms. The smallest absolute Gasteiger partial charge is 0.212 e. The van der Waals surface area contributed by atoms with E-state index in [4.69, 9.17) is 33.2 Å². The maximum atomic E-state index is 6.40. The van der Waals surface area contributed by atoms with Gasteiger partial charge in [-0.05, 0) is 42.7 Å². The van der Waals surface area contributed by atoms with Crippen LogP contribution in [-0.2, 0) is 0 Å². The van der Waals surface area contributed by atoms with Crippen molar-refractivity contribution in [3.05, 3.63) is 65.2 Å². The molecule has 4 aromatic rings. The van der Waals surface area contributed by atoms with E-state index in [9.17, 15) is 0 Å². The molecular weight excluding hydrogens is 455 g/mol. The van der Waals surface area contributed by atoms with Crippen molar-refractivity contribution in [2.45, 2.75) is 38.8 Å². The fraction of sp³-hybridized carbons (Fsp3) is 0.320. The summed E-state index contributed by atoms with van der Waals surface area (Å²) in [5.74, 6) is 0.908. The molecule has 3 aromatic heterocycles. The summed E-state index contributed by atoms with van der Waals surface area (Å²) in [6.45, 7) is 6.25. The standard InChI is InChI=1S/C25H26Cl2N6/c1-16(2)30-15-19-4-3-12-32(19)25-31-23(17-7-9-28-10-8-17)22(24-29-11-13-33(24)25)18-5-6-20(26)21(27)14-18/h5-11,13-14,16,19,30H,3-4,12,15H2,1-2H3/t19-/m1/s1. The number of anilines is 1. The minimum absolute atomic E-state index is 0.381. The summed E-state index contributed by atoms with van der Waals surface area (Å²) < 4.78 is 2.09. The number of nitrogens with one attached hydrogen (secondary N) is 1. The number of benzene rings is 1. The molecule has 0 saturated carbocycles. The van der Waals surface area contributed by atoms with E-state index in [-0.39, 0.29) is 0 Å². The quantitative estimate of drug-likeness (QED) is 0.381. The van der Waals surface area contributed by atoms with Crippen LogP contribution in [0.1, 0.15) is 26.7 Å². The van der Waals surface area contributed by atoms with Gasteiger partial charge in [0.25, 0.3) is 0 Å². The lowest BCUT2D eigenvalue weighted by Crippen LogP contribution is -2.41. The van der Waals surface area contributed by atoms with Gasteiger partial charge in [0.2, 0.25) is 5.95 Å². The second-order valence-electron chi connectivity index (χ2n) is 8.67. The average molecular weight is 481 g/mol. The van der Waals surface area contributed by atoms with E-state index in [0.717, 1.165) is 59.9 Å². The van der Waals surface area contributed by atoms with E-state index in [2.05, 4.69) is 33.4 Å². The zero-order chi connectivity index (χ0) is 22.9.